The summed E-state index contributed by atoms with van der Waals surface area (Å²) in [6, 6.07) is 17.6. The molecule has 192 valence electrons. The Bertz CT molecular complexity index is 1590. The summed E-state index contributed by atoms with van der Waals surface area (Å²) >= 11 is 0. The van der Waals surface area contributed by atoms with Crippen molar-refractivity contribution < 1.29 is 22.7 Å². The van der Waals surface area contributed by atoms with Crippen molar-refractivity contribution in [2.24, 2.45) is 12.8 Å². The minimum atomic E-state index is -4.11. The zero-order valence-electron chi connectivity index (χ0n) is 20.9. The van der Waals surface area contributed by atoms with Gasteiger partial charge in [-0.1, -0.05) is 44.2 Å². The molecule has 37 heavy (non-hydrogen) atoms. The van der Waals surface area contributed by atoms with Crippen LogP contribution in [0.15, 0.2) is 71.8 Å². The van der Waals surface area contributed by atoms with Gasteiger partial charge >= 0.3 is 0 Å². The third kappa shape index (κ3) is 4.68. The Kier molecular flexibility index (Phi) is 6.43. The highest BCUT2D eigenvalue weighted by Crippen LogP contribution is 2.39. The maximum atomic E-state index is 13.8. The number of amides is 1. The van der Waals surface area contributed by atoms with Crippen LogP contribution in [-0.4, -0.2) is 25.7 Å². The van der Waals surface area contributed by atoms with E-state index in [0.717, 1.165) is 22.0 Å². The van der Waals surface area contributed by atoms with Gasteiger partial charge in [0, 0.05) is 30.7 Å². The van der Waals surface area contributed by atoms with Crippen molar-refractivity contribution in [1.29, 1.82) is 0 Å². The molecule has 5 rings (SSSR count). The number of nitrogens with zero attached hydrogens (tertiary/aromatic N) is 1. The molecule has 1 amide bonds. The van der Waals surface area contributed by atoms with E-state index in [1.54, 1.807) is 30.3 Å². The molecule has 1 aliphatic heterocycles. The van der Waals surface area contributed by atoms with Gasteiger partial charge in [0.15, 0.2) is 11.5 Å². The van der Waals surface area contributed by atoms with Gasteiger partial charge in [-0.15, -0.1) is 0 Å². The second kappa shape index (κ2) is 9.57. The predicted molar refractivity (Wildman–Crippen MR) is 141 cm³/mol. The minimum Gasteiger partial charge on any atom is -0.454 e. The molecule has 8 nitrogen and oxygen atoms in total. The summed E-state index contributed by atoms with van der Waals surface area (Å²) in [6.45, 7) is 4.53. The fraction of sp³-hybridized carbons (Fsp3) is 0.250. The van der Waals surface area contributed by atoms with Crippen molar-refractivity contribution in [1.82, 2.24) is 9.29 Å². The van der Waals surface area contributed by atoms with Gasteiger partial charge < -0.3 is 19.8 Å². The summed E-state index contributed by atoms with van der Waals surface area (Å²) in [5.74, 6) is -0.249. The quantitative estimate of drug-likeness (QED) is 0.380. The molecule has 1 atom stereocenters. The average molecular weight is 520 g/mol. The monoisotopic (exact) mass is 519 g/mol. The summed E-state index contributed by atoms with van der Waals surface area (Å²) in [4.78, 5) is 13.8. The molecule has 0 bridgehead atoms. The number of carbonyl (C=O) groups excluding carboxylic acids is 1. The van der Waals surface area contributed by atoms with Gasteiger partial charge in [-0.05, 0) is 58.5 Å². The van der Waals surface area contributed by atoms with Crippen LogP contribution in [0.1, 0.15) is 47.9 Å². The van der Waals surface area contributed by atoms with Crippen molar-refractivity contribution in [3.63, 3.8) is 0 Å². The van der Waals surface area contributed by atoms with Gasteiger partial charge in [-0.3, -0.25) is 4.79 Å². The van der Waals surface area contributed by atoms with Crippen LogP contribution in [0, 0.1) is 0 Å². The average Bonchev–Trinajstić information content (AvgIpc) is 3.48. The lowest BCUT2D eigenvalue weighted by Gasteiger charge is -2.18. The first kappa shape index (κ1) is 24.9. The molecule has 0 radical (unpaired) electrons. The Morgan fingerprint density at radius 2 is 1.70 bits per heavy atom. The molecule has 3 N–H and O–H groups in total. The molecule has 0 fully saturated rings. The van der Waals surface area contributed by atoms with Crippen LogP contribution in [0.25, 0.3) is 10.9 Å². The van der Waals surface area contributed by atoms with E-state index in [9.17, 15) is 13.2 Å². The Morgan fingerprint density at radius 3 is 2.41 bits per heavy atom. The van der Waals surface area contributed by atoms with E-state index in [2.05, 4.69) is 4.72 Å². The van der Waals surface area contributed by atoms with Gasteiger partial charge in [-0.25, -0.2) is 13.1 Å². The van der Waals surface area contributed by atoms with Crippen LogP contribution in [0.2, 0.25) is 0 Å². The third-order valence-corrected chi connectivity index (χ3v) is 8.08. The maximum Gasteiger partial charge on any atom is 0.264 e. The number of nitrogens with one attached hydrogen (secondary N) is 1. The van der Waals surface area contributed by atoms with E-state index in [-0.39, 0.29) is 17.6 Å². The molecular weight excluding hydrogens is 490 g/mol. The van der Waals surface area contributed by atoms with E-state index >= 15 is 0 Å². The second-order valence-electron chi connectivity index (χ2n) is 9.49. The Labute approximate surface area is 216 Å². The fourth-order valence-electron chi connectivity index (χ4n) is 4.66. The lowest BCUT2D eigenvalue weighted by atomic mass is 9.90. The van der Waals surface area contributed by atoms with Crippen molar-refractivity contribution in [2.75, 3.05) is 6.79 Å². The fourth-order valence-corrected chi connectivity index (χ4v) is 5.66. The summed E-state index contributed by atoms with van der Waals surface area (Å²) in [7, 11) is -2.23. The molecule has 9 heteroatoms. The van der Waals surface area contributed by atoms with E-state index in [1.807, 2.05) is 49.9 Å². The molecule has 0 saturated carbocycles. The van der Waals surface area contributed by atoms with E-state index in [4.69, 9.17) is 15.2 Å². The zero-order chi connectivity index (χ0) is 26.3. The van der Waals surface area contributed by atoms with E-state index in [1.165, 1.54) is 12.1 Å². The highest BCUT2D eigenvalue weighted by atomic mass is 32.2. The number of nitrogens with two attached hydrogens (primary N) is 1. The number of aromatic nitrogens is 1. The lowest BCUT2D eigenvalue weighted by Crippen LogP contribution is -2.35. The second-order valence-corrected chi connectivity index (χ2v) is 11.2. The summed E-state index contributed by atoms with van der Waals surface area (Å²) < 4.78 is 41.7. The zero-order valence-corrected chi connectivity index (χ0v) is 21.7. The summed E-state index contributed by atoms with van der Waals surface area (Å²) in [5, 5.41) is 0.830. The van der Waals surface area contributed by atoms with Crippen LogP contribution in [-0.2, 0) is 28.4 Å². The number of aryl methyl sites for hydroxylation is 1. The van der Waals surface area contributed by atoms with Gasteiger partial charge in [-0.2, -0.15) is 0 Å². The molecule has 0 saturated heterocycles. The molecule has 1 aliphatic rings. The lowest BCUT2D eigenvalue weighted by molar-refractivity contribution is -0.119. The van der Waals surface area contributed by atoms with Gasteiger partial charge in [0.1, 0.15) is 0 Å². The number of sulfonamides is 1. The number of hydrogen-bond donors (Lipinski definition) is 2. The summed E-state index contributed by atoms with van der Waals surface area (Å²) in [5.41, 5.74) is 9.95. The number of hydrogen-bond acceptors (Lipinski definition) is 6. The van der Waals surface area contributed by atoms with Gasteiger partial charge in [0.25, 0.3) is 10.0 Å². The summed E-state index contributed by atoms with van der Waals surface area (Å²) in [6.07, 6.45) is 1.85. The van der Waals surface area contributed by atoms with E-state index < -0.39 is 21.8 Å². The highest BCUT2D eigenvalue weighted by molar-refractivity contribution is 7.90. The maximum absolute atomic E-state index is 13.8. The third-order valence-electron chi connectivity index (χ3n) is 6.72. The first-order valence-electron chi connectivity index (χ1n) is 12.0. The number of fused-ring (bicyclic) bond motifs is 2. The van der Waals surface area contributed by atoms with Crippen LogP contribution in [0.3, 0.4) is 0 Å². The molecule has 2 heterocycles. The normalized spacial score (nSPS) is 13.8. The predicted octanol–water partition coefficient (Wildman–Crippen LogP) is 4.13. The van der Waals surface area contributed by atoms with Gasteiger partial charge in [0.05, 0.1) is 10.8 Å². The number of carbonyl (C=O) groups is 1. The number of ether oxygens (including phenoxy) is 2. The Morgan fingerprint density at radius 1 is 1.00 bits per heavy atom. The largest absolute Gasteiger partial charge is 0.454 e. The number of rotatable bonds is 7. The smallest absolute Gasteiger partial charge is 0.264 e. The topological polar surface area (TPSA) is 113 Å². The standard InChI is InChI=1S/C28H29N3O5S/c1-17(2)19-5-8-21(9-6-19)37(33,34)30-28(32)27(20-7-11-25-26(13-20)36-16-35-25)23-15-31(3)24-12-18(14-29)4-10-22(23)24/h4-13,15,17,27H,14,16,29H2,1-3H3,(H,30,32). The van der Waals surface area contributed by atoms with Crippen LogP contribution < -0.4 is 19.9 Å². The molecular formula is C28H29N3O5S. The first-order chi connectivity index (χ1) is 17.7. The Balaban J connectivity index is 1.58. The van der Waals surface area contributed by atoms with Gasteiger partial charge in [0.2, 0.25) is 12.7 Å². The highest BCUT2D eigenvalue weighted by Gasteiger charge is 2.31. The minimum absolute atomic E-state index is 0.0280. The van der Waals surface area contributed by atoms with E-state index in [0.29, 0.717) is 29.2 Å². The molecule has 0 spiro atoms. The molecule has 3 aromatic carbocycles. The SMILES string of the molecule is CC(C)c1ccc(S(=O)(=O)NC(=O)C(c2ccc3c(c2)OCO3)c2cn(C)c3cc(CN)ccc23)cc1. The van der Waals surface area contributed by atoms with Crippen LogP contribution in [0.4, 0.5) is 0 Å². The molecule has 1 aromatic heterocycles. The van der Waals surface area contributed by atoms with Crippen LogP contribution in [0.5, 0.6) is 11.5 Å². The first-order valence-corrected chi connectivity index (χ1v) is 13.5. The Hall–Kier alpha value is -3.82. The molecule has 0 aliphatic carbocycles. The van der Waals surface area contributed by atoms with Crippen LogP contribution >= 0.6 is 0 Å². The molecule has 1 unspecified atom stereocenters. The van der Waals surface area contributed by atoms with Crippen molar-refractivity contribution >= 4 is 26.8 Å². The van der Waals surface area contributed by atoms with Crippen molar-refractivity contribution in [3.05, 3.63) is 89.1 Å². The molecule has 4 aromatic rings. The number of benzene rings is 3. The van der Waals surface area contributed by atoms with Crippen molar-refractivity contribution in [3.8, 4) is 11.5 Å². The van der Waals surface area contributed by atoms with Crippen molar-refractivity contribution in [2.45, 2.75) is 37.1 Å².